The SMILES string of the molecule is Cc1cc([C@H]2CCCN2C(=O)[C@H]2CCCN(C(=O)c3ccoc3)C2)on1. The number of carbonyl (C=O) groups is 2. The van der Waals surface area contributed by atoms with Gasteiger partial charge in [-0.15, -0.1) is 0 Å². The number of carbonyl (C=O) groups excluding carboxylic acids is 2. The molecule has 2 atom stereocenters. The van der Waals surface area contributed by atoms with Crippen molar-refractivity contribution in [2.45, 2.75) is 38.6 Å². The van der Waals surface area contributed by atoms with Gasteiger partial charge in [0.15, 0.2) is 5.76 Å². The van der Waals surface area contributed by atoms with Gasteiger partial charge in [0.25, 0.3) is 5.91 Å². The highest BCUT2D eigenvalue weighted by molar-refractivity contribution is 5.94. The number of aromatic nitrogens is 1. The maximum Gasteiger partial charge on any atom is 0.257 e. The second kappa shape index (κ2) is 6.97. The summed E-state index contributed by atoms with van der Waals surface area (Å²) in [4.78, 5) is 29.4. The zero-order valence-electron chi connectivity index (χ0n) is 14.9. The van der Waals surface area contributed by atoms with Crippen LogP contribution in [0.2, 0.25) is 0 Å². The molecule has 2 aromatic heterocycles. The van der Waals surface area contributed by atoms with Gasteiger partial charge in [0.2, 0.25) is 5.91 Å². The Bertz CT molecular complexity index is 783. The fraction of sp³-hybridized carbons (Fsp3) is 0.526. The van der Waals surface area contributed by atoms with E-state index < -0.39 is 0 Å². The number of nitrogens with zero attached hydrogens (tertiary/aromatic N) is 3. The number of amides is 2. The molecule has 0 aromatic carbocycles. The van der Waals surface area contributed by atoms with Crippen molar-refractivity contribution in [3.05, 3.63) is 41.7 Å². The summed E-state index contributed by atoms with van der Waals surface area (Å²) in [5.74, 6) is 0.644. The molecule has 138 valence electrons. The lowest BCUT2D eigenvalue weighted by molar-refractivity contribution is -0.138. The highest BCUT2D eigenvalue weighted by Crippen LogP contribution is 2.34. The van der Waals surface area contributed by atoms with Crippen molar-refractivity contribution < 1.29 is 18.5 Å². The number of piperidine rings is 1. The molecule has 2 aromatic rings. The molecule has 2 aliphatic rings. The van der Waals surface area contributed by atoms with E-state index in [0.717, 1.165) is 43.7 Å². The Morgan fingerprint density at radius 3 is 2.81 bits per heavy atom. The Morgan fingerprint density at radius 2 is 2.08 bits per heavy atom. The lowest BCUT2D eigenvalue weighted by Gasteiger charge is -2.35. The standard InChI is InChI=1S/C19H23N3O4/c1-13-10-17(26-20-13)16-5-3-8-22(16)19(24)14-4-2-7-21(11-14)18(23)15-6-9-25-12-15/h6,9-10,12,14,16H,2-5,7-8,11H2,1H3/t14-,16+/m0/s1. The Hall–Kier alpha value is -2.57. The Balaban J connectivity index is 1.46. The molecule has 0 unspecified atom stereocenters. The van der Waals surface area contributed by atoms with Crippen LogP contribution in [0, 0.1) is 12.8 Å². The molecule has 0 saturated carbocycles. The van der Waals surface area contributed by atoms with Crippen molar-refractivity contribution in [1.29, 1.82) is 0 Å². The van der Waals surface area contributed by atoms with Crippen molar-refractivity contribution >= 4 is 11.8 Å². The second-order valence-corrected chi connectivity index (χ2v) is 7.16. The predicted octanol–water partition coefficient (Wildman–Crippen LogP) is 2.79. The van der Waals surface area contributed by atoms with Gasteiger partial charge in [-0.05, 0) is 38.7 Å². The number of furan rings is 1. The topological polar surface area (TPSA) is 79.8 Å². The van der Waals surface area contributed by atoms with Crippen molar-refractivity contribution in [3.63, 3.8) is 0 Å². The first-order valence-electron chi connectivity index (χ1n) is 9.18. The summed E-state index contributed by atoms with van der Waals surface area (Å²) in [5, 5.41) is 3.96. The van der Waals surface area contributed by atoms with Crippen LogP contribution in [0.5, 0.6) is 0 Å². The molecule has 2 aliphatic heterocycles. The van der Waals surface area contributed by atoms with Gasteiger partial charge in [-0.2, -0.15) is 0 Å². The van der Waals surface area contributed by atoms with E-state index in [1.54, 1.807) is 11.0 Å². The molecular formula is C19H23N3O4. The fourth-order valence-corrected chi connectivity index (χ4v) is 4.03. The lowest BCUT2D eigenvalue weighted by Crippen LogP contribution is -2.46. The molecule has 2 amide bonds. The van der Waals surface area contributed by atoms with E-state index in [1.165, 1.54) is 12.5 Å². The average molecular weight is 357 g/mol. The molecule has 0 aliphatic carbocycles. The normalized spacial score (nSPS) is 23.4. The highest BCUT2D eigenvalue weighted by Gasteiger charge is 2.38. The van der Waals surface area contributed by atoms with E-state index >= 15 is 0 Å². The third kappa shape index (κ3) is 3.13. The summed E-state index contributed by atoms with van der Waals surface area (Å²) < 4.78 is 10.4. The lowest BCUT2D eigenvalue weighted by atomic mass is 9.95. The fourth-order valence-electron chi connectivity index (χ4n) is 4.03. The largest absolute Gasteiger partial charge is 0.472 e. The van der Waals surface area contributed by atoms with Crippen LogP contribution in [0.3, 0.4) is 0 Å². The van der Waals surface area contributed by atoms with Crippen LogP contribution in [0.1, 0.15) is 53.5 Å². The number of likely N-dealkylation sites (tertiary alicyclic amines) is 2. The van der Waals surface area contributed by atoms with E-state index in [0.29, 0.717) is 18.7 Å². The van der Waals surface area contributed by atoms with Crippen molar-refractivity contribution in [2.24, 2.45) is 5.92 Å². The van der Waals surface area contributed by atoms with Crippen LogP contribution < -0.4 is 0 Å². The molecule has 4 heterocycles. The molecule has 0 radical (unpaired) electrons. The smallest absolute Gasteiger partial charge is 0.257 e. The predicted molar refractivity (Wildman–Crippen MR) is 92.3 cm³/mol. The molecular weight excluding hydrogens is 334 g/mol. The van der Waals surface area contributed by atoms with E-state index in [9.17, 15) is 9.59 Å². The van der Waals surface area contributed by atoms with E-state index in [2.05, 4.69) is 5.16 Å². The molecule has 2 saturated heterocycles. The van der Waals surface area contributed by atoms with E-state index in [-0.39, 0.29) is 23.8 Å². The number of hydrogen-bond donors (Lipinski definition) is 0. The van der Waals surface area contributed by atoms with Gasteiger partial charge >= 0.3 is 0 Å². The maximum atomic E-state index is 13.2. The van der Waals surface area contributed by atoms with Crippen LogP contribution in [0.25, 0.3) is 0 Å². The minimum Gasteiger partial charge on any atom is -0.472 e. The maximum absolute atomic E-state index is 13.2. The summed E-state index contributed by atoms with van der Waals surface area (Å²) in [5.41, 5.74) is 1.36. The van der Waals surface area contributed by atoms with Gasteiger partial charge in [0, 0.05) is 25.7 Å². The average Bonchev–Trinajstić information content (AvgIpc) is 3.41. The summed E-state index contributed by atoms with van der Waals surface area (Å²) in [6.45, 7) is 3.75. The first-order chi connectivity index (χ1) is 12.6. The van der Waals surface area contributed by atoms with Gasteiger partial charge in [0.1, 0.15) is 6.26 Å². The molecule has 0 N–H and O–H groups in total. The van der Waals surface area contributed by atoms with Crippen LogP contribution in [0.15, 0.2) is 33.6 Å². The zero-order valence-corrected chi connectivity index (χ0v) is 14.9. The third-order valence-corrected chi connectivity index (χ3v) is 5.34. The van der Waals surface area contributed by atoms with Crippen LogP contribution in [-0.4, -0.2) is 46.4 Å². The summed E-state index contributed by atoms with van der Waals surface area (Å²) >= 11 is 0. The molecule has 4 rings (SSSR count). The molecule has 2 fully saturated rings. The summed E-state index contributed by atoms with van der Waals surface area (Å²) in [7, 11) is 0. The molecule has 7 nitrogen and oxygen atoms in total. The summed E-state index contributed by atoms with van der Waals surface area (Å²) in [6, 6.07) is 3.53. The van der Waals surface area contributed by atoms with Gasteiger partial charge < -0.3 is 18.7 Å². The molecule has 0 spiro atoms. The van der Waals surface area contributed by atoms with E-state index in [4.69, 9.17) is 8.94 Å². The highest BCUT2D eigenvalue weighted by atomic mass is 16.5. The molecule has 26 heavy (non-hydrogen) atoms. The Labute approximate surface area is 151 Å². The Kier molecular flexibility index (Phi) is 4.53. The van der Waals surface area contributed by atoms with Crippen LogP contribution in [-0.2, 0) is 4.79 Å². The van der Waals surface area contributed by atoms with E-state index in [1.807, 2.05) is 17.9 Å². The molecule has 7 heteroatoms. The third-order valence-electron chi connectivity index (χ3n) is 5.34. The Morgan fingerprint density at radius 1 is 1.23 bits per heavy atom. The number of rotatable bonds is 3. The second-order valence-electron chi connectivity index (χ2n) is 7.16. The minimum absolute atomic E-state index is 0.0383. The van der Waals surface area contributed by atoms with Crippen molar-refractivity contribution in [1.82, 2.24) is 15.0 Å². The van der Waals surface area contributed by atoms with Crippen molar-refractivity contribution in [2.75, 3.05) is 19.6 Å². The van der Waals surface area contributed by atoms with Gasteiger partial charge in [0.05, 0.1) is 29.5 Å². The monoisotopic (exact) mass is 357 g/mol. The van der Waals surface area contributed by atoms with Crippen LogP contribution in [0.4, 0.5) is 0 Å². The first kappa shape index (κ1) is 16.9. The number of aryl methyl sites for hydroxylation is 1. The summed E-state index contributed by atoms with van der Waals surface area (Å²) in [6.07, 6.45) is 6.45. The van der Waals surface area contributed by atoms with Crippen molar-refractivity contribution in [3.8, 4) is 0 Å². The van der Waals surface area contributed by atoms with Crippen LogP contribution >= 0.6 is 0 Å². The number of hydrogen-bond acceptors (Lipinski definition) is 5. The van der Waals surface area contributed by atoms with Gasteiger partial charge in [-0.1, -0.05) is 5.16 Å². The van der Waals surface area contributed by atoms with Gasteiger partial charge in [-0.3, -0.25) is 9.59 Å². The minimum atomic E-state index is -0.163. The first-order valence-corrected chi connectivity index (χ1v) is 9.18. The van der Waals surface area contributed by atoms with Gasteiger partial charge in [-0.25, -0.2) is 0 Å². The quantitative estimate of drug-likeness (QED) is 0.844. The molecule has 0 bridgehead atoms. The zero-order chi connectivity index (χ0) is 18.1.